The summed E-state index contributed by atoms with van der Waals surface area (Å²) in [6.45, 7) is 2.21. The minimum Gasteiger partial charge on any atom is -0.465 e. The number of carbonyl (C=O) groups is 2. The smallest absolute Gasteiger partial charge is 0.325 e. The van der Waals surface area contributed by atoms with Crippen LogP contribution in [-0.2, 0) is 9.53 Å². The number of hydrogen-bond donors (Lipinski definition) is 3. The number of pyridine rings is 1. The third kappa shape index (κ3) is 5.12. The molecule has 0 radical (unpaired) electrons. The van der Waals surface area contributed by atoms with Crippen LogP contribution in [0.15, 0.2) is 30.5 Å². The molecule has 2 aromatic rings. The van der Waals surface area contributed by atoms with Crippen LogP contribution in [0.25, 0.3) is 5.65 Å². The highest BCUT2D eigenvalue weighted by molar-refractivity contribution is 5.95. The van der Waals surface area contributed by atoms with Crippen LogP contribution in [0.5, 0.6) is 0 Å². The maximum atomic E-state index is 12.9. The van der Waals surface area contributed by atoms with Crippen molar-refractivity contribution < 1.29 is 14.3 Å². The van der Waals surface area contributed by atoms with Crippen molar-refractivity contribution in [1.82, 2.24) is 14.7 Å². The van der Waals surface area contributed by atoms with Gasteiger partial charge in [-0.2, -0.15) is 0 Å². The molecule has 2 heterocycles. The maximum Gasteiger partial charge on any atom is 0.325 e. The lowest BCUT2D eigenvalue weighted by atomic mass is 9.91. The molecule has 8 heteroatoms. The van der Waals surface area contributed by atoms with Gasteiger partial charge in [0.15, 0.2) is 0 Å². The molecule has 2 aromatic heterocycles. The van der Waals surface area contributed by atoms with Gasteiger partial charge in [0.05, 0.1) is 12.3 Å². The van der Waals surface area contributed by atoms with Crippen molar-refractivity contribution in [2.24, 2.45) is 5.73 Å². The van der Waals surface area contributed by atoms with Crippen LogP contribution in [0.4, 0.5) is 5.82 Å². The Morgan fingerprint density at radius 1 is 1.22 bits per heavy atom. The number of nitrogens with one attached hydrogen (secondary N) is 2. The SMILES string of the molecule is CCOC(=O)CNc1c(C2CC=CCC2)nc2cc(C(=O)NC3CCC(N)CC3)ccn12. The molecule has 1 saturated carbocycles. The van der Waals surface area contributed by atoms with E-state index in [9.17, 15) is 9.59 Å². The van der Waals surface area contributed by atoms with Crippen LogP contribution in [0.3, 0.4) is 0 Å². The van der Waals surface area contributed by atoms with Gasteiger partial charge in [-0.15, -0.1) is 0 Å². The average molecular weight is 440 g/mol. The summed E-state index contributed by atoms with van der Waals surface area (Å²) in [6.07, 6.45) is 12.9. The number of esters is 1. The lowest BCUT2D eigenvalue weighted by molar-refractivity contribution is -0.140. The maximum absolute atomic E-state index is 12.9. The zero-order valence-corrected chi connectivity index (χ0v) is 18.7. The van der Waals surface area contributed by atoms with E-state index < -0.39 is 0 Å². The van der Waals surface area contributed by atoms with Crippen molar-refractivity contribution in [3.63, 3.8) is 0 Å². The molecule has 4 N–H and O–H groups in total. The summed E-state index contributed by atoms with van der Waals surface area (Å²) in [5, 5.41) is 6.37. The Hall–Kier alpha value is -2.87. The summed E-state index contributed by atoms with van der Waals surface area (Å²) in [5.41, 5.74) is 8.19. The molecule has 2 aliphatic rings. The number of nitrogens with two attached hydrogens (primary N) is 1. The van der Waals surface area contributed by atoms with Gasteiger partial charge in [0.25, 0.3) is 5.91 Å². The molecule has 0 aromatic carbocycles. The molecule has 1 unspecified atom stereocenters. The number of hydrogen-bond acceptors (Lipinski definition) is 6. The van der Waals surface area contributed by atoms with E-state index in [-0.39, 0.29) is 36.4 Å². The fourth-order valence-electron chi connectivity index (χ4n) is 4.61. The molecule has 0 saturated heterocycles. The summed E-state index contributed by atoms with van der Waals surface area (Å²) in [6, 6.07) is 4.04. The van der Waals surface area contributed by atoms with Gasteiger partial charge >= 0.3 is 5.97 Å². The Kier molecular flexibility index (Phi) is 7.09. The predicted molar refractivity (Wildman–Crippen MR) is 124 cm³/mol. The summed E-state index contributed by atoms with van der Waals surface area (Å²) in [7, 11) is 0. The Bertz CT molecular complexity index is 991. The van der Waals surface area contributed by atoms with E-state index in [1.807, 2.05) is 16.7 Å². The fraction of sp³-hybridized carbons (Fsp3) is 0.542. The van der Waals surface area contributed by atoms with E-state index in [1.54, 1.807) is 13.0 Å². The number of amides is 1. The minimum absolute atomic E-state index is 0.0727. The van der Waals surface area contributed by atoms with Crippen molar-refractivity contribution in [2.75, 3.05) is 18.5 Å². The largest absolute Gasteiger partial charge is 0.465 e. The van der Waals surface area contributed by atoms with Crippen LogP contribution >= 0.6 is 0 Å². The second-order valence-corrected chi connectivity index (χ2v) is 8.71. The Morgan fingerprint density at radius 3 is 2.75 bits per heavy atom. The number of allylic oxidation sites excluding steroid dienone is 2. The number of nitrogens with zero attached hydrogens (tertiary/aromatic N) is 2. The molecule has 1 amide bonds. The van der Waals surface area contributed by atoms with Crippen molar-refractivity contribution >= 4 is 23.3 Å². The first-order valence-electron chi connectivity index (χ1n) is 11.7. The first-order valence-corrected chi connectivity index (χ1v) is 11.7. The molecule has 8 nitrogen and oxygen atoms in total. The summed E-state index contributed by atoms with van der Waals surface area (Å²) >= 11 is 0. The molecule has 1 fully saturated rings. The van der Waals surface area contributed by atoms with Gasteiger partial charge in [0.1, 0.15) is 18.0 Å². The Labute approximate surface area is 188 Å². The Morgan fingerprint density at radius 2 is 2.03 bits per heavy atom. The monoisotopic (exact) mass is 439 g/mol. The van der Waals surface area contributed by atoms with Crippen molar-refractivity contribution in [3.05, 3.63) is 41.7 Å². The molecule has 4 rings (SSSR count). The number of fused-ring (bicyclic) bond motifs is 1. The highest BCUT2D eigenvalue weighted by atomic mass is 16.5. The van der Waals surface area contributed by atoms with Gasteiger partial charge in [-0.25, -0.2) is 4.98 Å². The second kappa shape index (κ2) is 10.2. The third-order valence-electron chi connectivity index (χ3n) is 6.38. The fourth-order valence-corrected chi connectivity index (χ4v) is 4.61. The molecule has 0 spiro atoms. The topological polar surface area (TPSA) is 111 Å². The lowest BCUT2D eigenvalue weighted by Crippen LogP contribution is -2.40. The average Bonchev–Trinajstić information content (AvgIpc) is 3.18. The van der Waals surface area contributed by atoms with Crippen LogP contribution in [0.1, 0.15) is 73.8 Å². The highest BCUT2D eigenvalue weighted by Crippen LogP contribution is 2.34. The zero-order valence-electron chi connectivity index (χ0n) is 18.7. The second-order valence-electron chi connectivity index (χ2n) is 8.71. The lowest BCUT2D eigenvalue weighted by Gasteiger charge is -2.26. The van der Waals surface area contributed by atoms with E-state index in [4.69, 9.17) is 15.5 Å². The molecular weight excluding hydrogens is 406 g/mol. The van der Waals surface area contributed by atoms with Gasteiger partial charge in [-0.05, 0) is 64.0 Å². The number of carbonyl (C=O) groups excluding carboxylic acids is 2. The summed E-state index contributed by atoms with van der Waals surface area (Å²) in [4.78, 5) is 29.7. The standard InChI is InChI=1S/C24H33N5O3/c1-2-32-21(30)15-26-23-22(16-6-4-3-5-7-16)28-20-14-17(12-13-29(20)23)24(31)27-19-10-8-18(25)9-11-19/h3-4,12-14,16,18-19,26H,2,5-11,15,25H2,1H3,(H,27,31). The first-order chi connectivity index (χ1) is 15.5. The molecule has 0 bridgehead atoms. The van der Waals surface area contributed by atoms with Crippen molar-refractivity contribution in [2.45, 2.75) is 69.9 Å². The predicted octanol–water partition coefficient (Wildman–Crippen LogP) is 3.13. The number of imidazole rings is 1. The number of ether oxygens (including phenoxy) is 1. The van der Waals surface area contributed by atoms with Gasteiger partial charge in [-0.1, -0.05) is 12.2 Å². The zero-order chi connectivity index (χ0) is 22.5. The third-order valence-corrected chi connectivity index (χ3v) is 6.38. The molecule has 1 atom stereocenters. The molecule has 32 heavy (non-hydrogen) atoms. The molecule has 0 aliphatic heterocycles. The minimum atomic E-state index is -0.305. The van der Waals surface area contributed by atoms with E-state index in [0.29, 0.717) is 17.8 Å². The quantitative estimate of drug-likeness (QED) is 0.452. The highest BCUT2D eigenvalue weighted by Gasteiger charge is 2.24. The Balaban J connectivity index is 1.57. The molecular formula is C24H33N5O3. The van der Waals surface area contributed by atoms with Gasteiger partial charge in [-0.3, -0.25) is 14.0 Å². The van der Waals surface area contributed by atoms with E-state index in [1.165, 1.54) is 0 Å². The van der Waals surface area contributed by atoms with Crippen molar-refractivity contribution in [1.29, 1.82) is 0 Å². The number of rotatable bonds is 7. The van der Waals surface area contributed by atoms with E-state index in [2.05, 4.69) is 22.8 Å². The van der Waals surface area contributed by atoms with E-state index in [0.717, 1.165) is 56.5 Å². The van der Waals surface area contributed by atoms with Gasteiger partial charge in [0.2, 0.25) is 0 Å². The van der Waals surface area contributed by atoms with Crippen LogP contribution in [-0.4, -0.2) is 46.5 Å². The molecule has 172 valence electrons. The number of anilines is 1. The van der Waals surface area contributed by atoms with E-state index >= 15 is 0 Å². The van der Waals surface area contributed by atoms with Crippen molar-refractivity contribution in [3.8, 4) is 0 Å². The first kappa shape index (κ1) is 22.3. The number of aromatic nitrogens is 2. The van der Waals surface area contributed by atoms with Crippen LogP contribution in [0, 0.1) is 0 Å². The molecule has 2 aliphatic carbocycles. The summed E-state index contributed by atoms with van der Waals surface area (Å²) in [5.74, 6) is 0.675. The summed E-state index contributed by atoms with van der Waals surface area (Å²) < 4.78 is 6.98. The normalized spacial score (nSPS) is 23.1. The van der Waals surface area contributed by atoms with Crippen LogP contribution in [0.2, 0.25) is 0 Å². The van der Waals surface area contributed by atoms with Gasteiger partial charge in [0, 0.05) is 29.8 Å². The van der Waals surface area contributed by atoms with Gasteiger partial charge < -0.3 is 21.1 Å². The van der Waals surface area contributed by atoms with Crippen LogP contribution < -0.4 is 16.4 Å².